The number of fused-ring (bicyclic) bond motifs is 2. The van der Waals surface area contributed by atoms with Crippen LogP contribution in [0, 0.1) is 0 Å². The maximum atomic E-state index is 12.9. The first-order valence-electron chi connectivity index (χ1n) is 11.3. The Morgan fingerprint density at radius 3 is 2.34 bits per heavy atom. The molecule has 1 saturated carbocycles. The van der Waals surface area contributed by atoms with E-state index in [-0.39, 0.29) is 5.56 Å². The Morgan fingerprint density at radius 1 is 1.00 bits per heavy atom. The summed E-state index contributed by atoms with van der Waals surface area (Å²) in [7, 11) is 2.26. The van der Waals surface area contributed by atoms with Gasteiger partial charge in [-0.05, 0) is 75.0 Å². The van der Waals surface area contributed by atoms with Crippen molar-refractivity contribution in [1.82, 2.24) is 10.2 Å². The van der Waals surface area contributed by atoms with E-state index in [1.807, 2.05) is 24.3 Å². The van der Waals surface area contributed by atoms with Gasteiger partial charge >= 0.3 is 6.18 Å². The van der Waals surface area contributed by atoms with E-state index in [0.717, 1.165) is 30.6 Å². The van der Waals surface area contributed by atoms with Crippen molar-refractivity contribution in [1.29, 1.82) is 0 Å². The van der Waals surface area contributed by atoms with E-state index in [1.54, 1.807) is 0 Å². The highest BCUT2D eigenvalue weighted by molar-refractivity contribution is 6.04. The number of carbonyl (C=O) groups is 1. The van der Waals surface area contributed by atoms with Crippen molar-refractivity contribution in [3.63, 3.8) is 0 Å². The minimum Gasteiger partial charge on any atom is -0.322 e. The number of benzene rings is 2. The summed E-state index contributed by atoms with van der Waals surface area (Å²) in [6, 6.07) is 14.7. The van der Waals surface area contributed by atoms with Crippen molar-refractivity contribution in [3.05, 3.63) is 65.2 Å². The first kappa shape index (κ1) is 21.5. The number of amides is 1. The van der Waals surface area contributed by atoms with E-state index in [9.17, 15) is 18.0 Å². The van der Waals surface area contributed by atoms with Crippen LogP contribution < -0.4 is 10.6 Å². The average molecular weight is 444 g/mol. The highest BCUT2D eigenvalue weighted by Crippen LogP contribution is 2.43. The third kappa shape index (κ3) is 4.41. The number of piperidine rings is 1. The molecule has 2 aliphatic heterocycles. The lowest BCUT2D eigenvalue weighted by atomic mass is 9.98. The summed E-state index contributed by atoms with van der Waals surface area (Å²) in [5, 5.41) is 6.55. The van der Waals surface area contributed by atoms with Gasteiger partial charge in [0.15, 0.2) is 0 Å². The first-order valence-corrected chi connectivity index (χ1v) is 11.3. The second kappa shape index (κ2) is 8.19. The van der Waals surface area contributed by atoms with Crippen LogP contribution >= 0.6 is 0 Å². The summed E-state index contributed by atoms with van der Waals surface area (Å²) < 4.78 is 38.6. The van der Waals surface area contributed by atoms with Gasteiger partial charge in [-0.25, -0.2) is 0 Å². The van der Waals surface area contributed by atoms with E-state index in [2.05, 4.69) is 22.6 Å². The zero-order valence-corrected chi connectivity index (χ0v) is 18.0. The molecule has 3 aliphatic rings. The van der Waals surface area contributed by atoms with Crippen LogP contribution in [0.3, 0.4) is 0 Å². The van der Waals surface area contributed by atoms with Gasteiger partial charge in [0.05, 0.1) is 5.56 Å². The minimum absolute atomic E-state index is 0.0116. The molecule has 1 aliphatic carbocycles. The maximum absolute atomic E-state index is 12.9. The van der Waals surface area contributed by atoms with Gasteiger partial charge in [-0.1, -0.05) is 18.2 Å². The monoisotopic (exact) mass is 443 g/mol. The smallest absolute Gasteiger partial charge is 0.322 e. The fourth-order valence-electron chi connectivity index (χ4n) is 5.45. The molecule has 2 bridgehead atoms. The summed E-state index contributed by atoms with van der Waals surface area (Å²) in [5.74, 6) is -0.0627. The van der Waals surface area contributed by atoms with Crippen molar-refractivity contribution in [2.24, 2.45) is 0 Å². The molecule has 2 aromatic rings. The van der Waals surface area contributed by atoms with Gasteiger partial charge in [0.1, 0.15) is 0 Å². The number of rotatable bonds is 5. The van der Waals surface area contributed by atoms with Crippen LogP contribution in [0.15, 0.2) is 48.5 Å². The number of nitrogens with one attached hydrogen (secondary N) is 2. The lowest BCUT2D eigenvalue weighted by Crippen LogP contribution is -2.47. The molecule has 0 spiro atoms. The third-order valence-corrected chi connectivity index (χ3v) is 7.39. The Hall–Kier alpha value is -2.38. The molecule has 170 valence electrons. The summed E-state index contributed by atoms with van der Waals surface area (Å²) in [6.07, 6.45) is 1.76. The Kier molecular flexibility index (Phi) is 5.50. The van der Waals surface area contributed by atoms with E-state index in [1.165, 1.54) is 43.4 Å². The predicted octanol–water partition coefficient (Wildman–Crippen LogP) is 5.03. The Balaban J connectivity index is 1.16. The average Bonchev–Trinajstić information content (AvgIpc) is 3.50. The predicted molar refractivity (Wildman–Crippen MR) is 118 cm³/mol. The van der Waals surface area contributed by atoms with E-state index >= 15 is 0 Å². The van der Waals surface area contributed by atoms with Crippen LogP contribution in [-0.2, 0) is 6.18 Å². The molecule has 5 rings (SSSR count). The number of halogens is 3. The molecule has 2 unspecified atom stereocenters. The lowest BCUT2D eigenvalue weighted by molar-refractivity contribution is -0.137. The van der Waals surface area contributed by atoms with Crippen LogP contribution in [0.4, 0.5) is 18.9 Å². The van der Waals surface area contributed by atoms with Gasteiger partial charge in [0.2, 0.25) is 0 Å². The molecular formula is C25H28F3N3O. The summed E-state index contributed by atoms with van der Waals surface area (Å²) >= 11 is 0. The van der Waals surface area contributed by atoms with Crippen LogP contribution in [0.25, 0.3) is 0 Å². The molecule has 7 heteroatoms. The Morgan fingerprint density at radius 2 is 1.69 bits per heavy atom. The number of anilines is 1. The number of hydrogen-bond acceptors (Lipinski definition) is 3. The topological polar surface area (TPSA) is 44.4 Å². The molecule has 4 atom stereocenters. The highest BCUT2D eigenvalue weighted by atomic mass is 19.4. The van der Waals surface area contributed by atoms with E-state index < -0.39 is 17.6 Å². The SMILES string of the molecule is CN1C2CCC1CC(N[C@@H]1C[C@H]1c1ccc(NC(=O)c3cccc(C(F)(F)F)c3)cc1)C2. The van der Waals surface area contributed by atoms with Crippen LogP contribution in [-0.4, -0.2) is 42.0 Å². The first-order chi connectivity index (χ1) is 15.3. The molecule has 3 fully saturated rings. The maximum Gasteiger partial charge on any atom is 0.416 e. The summed E-state index contributed by atoms with van der Waals surface area (Å²) in [6.45, 7) is 0. The number of nitrogens with zero attached hydrogens (tertiary/aromatic N) is 1. The number of alkyl halides is 3. The quantitative estimate of drug-likeness (QED) is 0.682. The molecular weight excluding hydrogens is 415 g/mol. The fraction of sp³-hybridized carbons (Fsp3) is 0.480. The zero-order chi connectivity index (χ0) is 22.5. The molecule has 1 amide bonds. The van der Waals surface area contributed by atoms with Crippen molar-refractivity contribution < 1.29 is 18.0 Å². The van der Waals surface area contributed by atoms with Gasteiger partial charge < -0.3 is 15.5 Å². The molecule has 2 saturated heterocycles. The molecule has 4 nitrogen and oxygen atoms in total. The van der Waals surface area contributed by atoms with Crippen LogP contribution in [0.1, 0.15) is 59.5 Å². The molecule has 32 heavy (non-hydrogen) atoms. The zero-order valence-electron chi connectivity index (χ0n) is 18.0. The minimum atomic E-state index is -4.47. The lowest BCUT2D eigenvalue weighted by Gasteiger charge is -2.37. The second-order valence-electron chi connectivity index (χ2n) is 9.49. The van der Waals surface area contributed by atoms with Gasteiger partial charge in [0, 0.05) is 41.3 Å². The summed E-state index contributed by atoms with van der Waals surface area (Å²) in [4.78, 5) is 14.9. The van der Waals surface area contributed by atoms with Crippen LogP contribution in [0.2, 0.25) is 0 Å². The fourth-order valence-corrected chi connectivity index (χ4v) is 5.45. The van der Waals surface area contributed by atoms with Gasteiger partial charge in [-0.3, -0.25) is 4.79 Å². The molecule has 2 N–H and O–H groups in total. The number of hydrogen-bond donors (Lipinski definition) is 2. The Labute approximate surface area is 186 Å². The third-order valence-electron chi connectivity index (χ3n) is 7.39. The van der Waals surface area contributed by atoms with E-state index in [0.29, 0.717) is 23.7 Å². The molecule has 0 aromatic heterocycles. The molecule has 2 aromatic carbocycles. The molecule has 0 radical (unpaired) electrons. The standard InChI is InChI=1S/C25H28F3N3O/c1-31-20-9-10-21(31)13-19(12-20)29-23-14-22(23)15-5-7-18(8-6-15)30-24(32)16-3-2-4-17(11-16)25(26,27)28/h2-8,11,19-23,29H,9-10,12-14H2,1H3,(H,30,32)/t19?,20?,21?,22-,23+/m0/s1. The largest absolute Gasteiger partial charge is 0.416 e. The van der Waals surface area contributed by atoms with Crippen molar-refractivity contribution in [2.45, 2.75) is 68.4 Å². The van der Waals surface area contributed by atoms with Crippen molar-refractivity contribution in [3.8, 4) is 0 Å². The second-order valence-corrected chi connectivity index (χ2v) is 9.49. The van der Waals surface area contributed by atoms with Crippen molar-refractivity contribution in [2.75, 3.05) is 12.4 Å². The number of carbonyl (C=O) groups excluding carboxylic acids is 1. The van der Waals surface area contributed by atoms with Gasteiger partial charge in [-0.2, -0.15) is 13.2 Å². The van der Waals surface area contributed by atoms with E-state index in [4.69, 9.17) is 0 Å². The van der Waals surface area contributed by atoms with Crippen LogP contribution in [0.5, 0.6) is 0 Å². The highest BCUT2D eigenvalue weighted by Gasteiger charge is 2.43. The molecule has 2 heterocycles. The normalized spacial score (nSPS) is 29.7. The van der Waals surface area contributed by atoms with Gasteiger partial charge in [-0.15, -0.1) is 0 Å². The Bertz CT molecular complexity index is 977. The van der Waals surface area contributed by atoms with Crippen molar-refractivity contribution >= 4 is 11.6 Å². The summed E-state index contributed by atoms with van der Waals surface area (Å²) in [5.41, 5.74) is 0.969. The van der Waals surface area contributed by atoms with Gasteiger partial charge in [0.25, 0.3) is 5.91 Å².